The molecule has 0 radical (unpaired) electrons. The molecule has 4 nitrogen and oxygen atoms in total. The number of anilines is 1. The van der Waals surface area contributed by atoms with Crippen molar-refractivity contribution in [2.45, 2.75) is 26.8 Å². The number of aryl methyl sites for hydroxylation is 2. The van der Waals surface area contributed by atoms with Crippen LogP contribution in [0.15, 0.2) is 48.5 Å². The standard InChI is InChI=1S/C21H27N3O/c1-3-19-6-4-5-7-20(19)23-12-14-24(15-13-23)21(25)22-16-18-10-8-17(2)9-11-18/h4-11H,3,12-16H2,1-2H3,(H,22,25). The van der Waals surface area contributed by atoms with Gasteiger partial charge in [-0.3, -0.25) is 0 Å². The van der Waals surface area contributed by atoms with Crippen LogP contribution in [0.5, 0.6) is 0 Å². The highest BCUT2D eigenvalue weighted by Crippen LogP contribution is 2.22. The van der Waals surface area contributed by atoms with Gasteiger partial charge in [0.15, 0.2) is 0 Å². The predicted octanol–water partition coefficient (Wildman–Crippen LogP) is 3.59. The highest BCUT2D eigenvalue weighted by atomic mass is 16.2. The number of hydrogen-bond donors (Lipinski definition) is 1. The van der Waals surface area contributed by atoms with Gasteiger partial charge in [0.05, 0.1) is 0 Å². The average Bonchev–Trinajstić information content (AvgIpc) is 2.67. The molecule has 0 atom stereocenters. The van der Waals surface area contributed by atoms with Crippen LogP contribution < -0.4 is 10.2 Å². The summed E-state index contributed by atoms with van der Waals surface area (Å²) in [5.74, 6) is 0. The van der Waals surface area contributed by atoms with E-state index in [0.717, 1.165) is 38.2 Å². The minimum atomic E-state index is 0.0315. The van der Waals surface area contributed by atoms with Gasteiger partial charge in [-0.05, 0) is 30.5 Å². The highest BCUT2D eigenvalue weighted by Gasteiger charge is 2.22. The number of amides is 2. The molecule has 2 aromatic carbocycles. The number of benzene rings is 2. The summed E-state index contributed by atoms with van der Waals surface area (Å²) < 4.78 is 0. The lowest BCUT2D eigenvalue weighted by atomic mass is 10.1. The second kappa shape index (κ2) is 8.06. The molecule has 1 aliphatic rings. The van der Waals surface area contributed by atoms with Crippen LogP contribution in [0.25, 0.3) is 0 Å². The number of para-hydroxylation sites is 1. The summed E-state index contributed by atoms with van der Waals surface area (Å²) in [6.07, 6.45) is 1.04. The Kier molecular flexibility index (Phi) is 5.59. The van der Waals surface area contributed by atoms with Crippen LogP contribution in [-0.4, -0.2) is 37.1 Å². The molecule has 0 unspecified atom stereocenters. The third kappa shape index (κ3) is 4.32. The fraction of sp³-hybridized carbons (Fsp3) is 0.381. The van der Waals surface area contributed by atoms with Gasteiger partial charge in [-0.1, -0.05) is 55.0 Å². The van der Waals surface area contributed by atoms with Gasteiger partial charge in [-0.25, -0.2) is 4.79 Å². The summed E-state index contributed by atoms with van der Waals surface area (Å²) in [5.41, 5.74) is 5.05. The van der Waals surface area contributed by atoms with Gasteiger partial charge in [-0.15, -0.1) is 0 Å². The Bertz CT molecular complexity index is 703. The van der Waals surface area contributed by atoms with Crippen molar-refractivity contribution in [2.75, 3.05) is 31.1 Å². The molecule has 0 spiro atoms. The summed E-state index contributed by atoms with van der Waals surface area (Å²) in [7, 11) is 0. The van der Waals surface area contributed by atoms with E-state index < -0.39 is 0 Å². The van der Waals surface area contributed by atoms with E-state index in [4.69, 9.17) is 0 Å². The summed E-state index contributed by atoms with van der Waals surface area (Å²) in [5, 5.41) is 3.03. The van der Waals surface area contributed by atoms with E-state index in [-0.39, 0.29) is 6.03 Å². The maximum atomic E-state index is 12.4. The molecule has 4 heteroatoms. The van der Waals surface area contributed by atoms with Crippen molar-refractivity contribution < 1.29 is 4.79 Å². The van der Waals surface area contributed by atoms with Gasteiger partial charge in [0.25, 0.3) is 0 Å². The Morgan fingerprint density at radius 2 is 1.68 bits per heavy atom. The Hall–Kier alpha value is -2.49. The van der Waals surface area contributed by atoms with Crippen LogP contribution in [0.3, 0.4) is 0 Å². The summed E-state index contributed by atoms with van der Waals surface area (Å²) in [4.78, 5) is 16.7. The number of carbonyl (C=O) groups excluding carboxylic acids is 1. The summed E-state index contributed by atoms with van der Waals surface area (Å²) in [6, 6.07) is 16.9. The van der Waals surface area contributed by atoms with Crippen molar-refractivity contribution in [1.82, 2.24) is 10.2 Å². The quantitative estimate of drug-likeness (QED) is 0.925. The largest absolute Gasteiger partial charge is 0.368 e. The second-order valence-corrected chi connectivity index (χ2v) is 6.60. The van der Waals surface area contributed by atoms with Gasteiger partial charge >= 0.3 is 6.03 Å². The minimum absolute atomic E-state index is 0.0315. The number of nitrogens with one attached hydrogen (secondary N) is 1. The molecular formula is C21H27N3O. The normalized spacial score (nSPS) is 14.5. The van der Waals surface area contributed by atoms with Crippen molar-refractivity contribution in [3.63, 3.8) is 0 Å². The molecule has 132 valence electrons. The van der Waals surface area contributed by atoms with E-state index in [1.165, 1.54) is 16.8 Å². The molecule has 25 heavy (non-hydrogen) atoms. The Morgan fingerprint density at radius 1 is 1.00 bits per heavy atom. The van der Waals surface area contributed by atoms with Crippen molar-refractivity contribution in [2.24, 2.45) is 0 Å². The number of piperazine rings is 1. The SMILES string of the molecule is CCc1ccccc1N1CCN(C(=O)NCc2ccc(C)cc2)CC1. The molecule has 1 aliphatic heterocycles. The molecule has 0 saturated carbocycles. The first-order valence-electron chi connectivity index (χ1n) is 9.08. The summed E-state index contributed by atoms with van der Waals surface area (Å²) >= 11 is 0. The van der Waals surface area contributed by atoms with Crippen LogP contribution >= 0.6 is 0 Å². The van der Waals surface area contributed by atoms with Gasteiger partial charge < -0.3 is 15.1 Å². The lowest BCUT2D eigenvalue weighted by molar-refractivity contribution is 0.194. The minimum Gasteiger partial charge on any atom is -0.368 e. The van der Waals surface area contributed by atoms with Crippen LogP contribution in [0, 0.1) is 6.92 Å². The smallest absolute Gasteiger partial charge is 0.317 e. The third-order valence-electron chi connectivity index (χ3n) is 4.84. The zero-order valence-electron chi connectivity index (χ0n) is 15.2. The molecule has 3 rings (SSSR count). The summed E-state index contributed by atoms with van der Waals surface area (Å²) in [6.45, 7) is 8.13. The van der Waals surface area contributed by atoms with E-state index in [1.54, 1.807) is 0 Å². The van der Waals surface area contributed by atoms with Crippen LogP contribution in [-0.2, 0) is 13.0 Å². The lowest BCUT2D eigenvalue weighted by Gasteiger charge is -2.37. The number of urea groups is 1. The van der Waals surface area contributed by atoms with Crippen LogP contribution in [0.4, 0.5) is 10.5 Å². The molecule has 1 saturated heterocycles. The molecule has 0 aromatic heterocycles. The molecule has 0 aliphatic carbocycles. The predicted molar refractivity (Wildman–Crippen MR) is 103 cm³/mol. The molecule has 1 fully saturated rings. The average molecular weight is 337 g/mol. The highest BCUT2D eigenvalue weighted by molar-refractivity contribution is 5.74. The number of carbonyl (C=O) groups is 1. The monoisotopic (exact) mass is 337 g/mol. The maximum Gasteiger partial charge on any atom is 0.317 e. The first kappa shape index (κ1) is 17.3. The van der Waals surface area contributed by atoms with E-state index in [0.29, 0.717) is 6.54 Å². The van der Waals surface area contributed by atoms with Crippen molar-refractivity contribution in [1.29, 1.82) is 0 Å². The maximum absolute atomic E-state index is 12.4. The fourth-order valence-electron chi connectivity index (χ4n) is 3.26. The van der Waals surface area contributed by atoms with Crippen molar-refractivity contribution in [3.05, 3.63) is 65.2 Å². The Morgan fingerprint density at radius 3 is 2.36 bits per heavy atom. The molecular weight excluding hydrogens is 310 g/mol. The second-order valence-electron chi connectivity index (χ2n) is 6.60. The number of hydrogen-bond acceptors (Lipinski definition) is 2. The van der Waals surface area contributed by atoms with E-state index >= 15 is 0 Å². The Labute approximate surface area is 150 Å². The first-order valence-corrected chi connectivity index (χ1v) is 9.08. The molecule has 2 amide bonds. The molecule has 1 N–H and O–H groups in total. The van der Waals surface area contributed by atoms with E-state index in [1.807, 2.05) is 4.90 Å². The third-order valence-corrected chi connectivity index (χ3v) is 4.84. The van der Waals surface area contributed by atoms with Gasteiger partial charge in [0.1, 0.15) is 0 Å². The number of nitrogens with zero attached hydrogens (tertiary/aromatic N) is 2. The lowest BCUT2D eigenvalue weighted by Crippen LogP contribution is -2.51. The van der Waals surface area contributed by atoms with Crippen molar-refractivity contribution in [3.8, 4) is 0 Å². The van der Waals surface area contributed by atoms with Gasteiger partial charge in [0, 0.05) is 38.4 Å². The van der Waals surface area contributed by atoms with Crippen molar-refractivity contribution >= 4 is 11.7 Å². The first-order chi connectivity index (χ1) is 12.2. The van der Waals surface area contributed by atoms with Gasteiger partial charge in [0.2, 0.25) is 0 Å². The molecule has 2 aromatic rings. The van der Waals surface area contributed by atoms with E-state index in [9.17, 15) is 4.79 Å². The van der Waals surface area contributed by atoms with Crippen LogP contribution in [0.1, 0.15) is 23.6 Å². The van der Waals surface area contributed by atoms with Gasteiger partial charge in [-0.2, -0.15) is 0 Å². The molecule has 1 heterocycles. The number of rotatable bonds is 4. The van der Waals surface area contributed by atoms with E-state index in [2.05, 4.69) is 72.6 Å². The van der Waals surface area contributed by atoms with Crippen LogP contribution in [0.2, 0.25) is 0 Å². The fourth-order valence-corrected chi connectivity index (χ4v) is 3.26. The zero-order chi connectivity index (χ0) is 17.6. The topological polar surface area (TPSA) is 35.6 Å². The molecule has 0 bridgehead atoms. The Balaban J connectivity index is 1.51. The zero-order valence-corrected chi connectivity index (χ0v) is 15.2.